The first-order chi connectivity index (χ1) is 9.40. The molecule has 2 heterocycles. The maximum atomic E-state index is 12.7. The van der Waals surface area contributed by atoms with E-state index >= 15 is 0 Å². The molecule has 2 rings (SSSR count). The number of rotatable bonds is 5. The molecule has 0 aliphatic heterocycles. The average Bonchev–Trinajstić information content (AvgIpc) is 2.93. The number of nitrogens with zero attached hydrogens (tertiary/aromatic N) is 4. The summed E-state index contributed by atoms with van der Waals surface area (Å²) in [7, 11) is 1.43. The smallest absolute Gasteiger partial charge is 0.378 e. The summed E-state index contributed by atoms with van der Waals surface area (Å²) >= 11 is 0. The van der Waals surface area contributed by atoms with Crippen LogP contribution in [0.1, 0.15) is 11.3 Å². The molecule has 0 unspecified atom stereocenters. The first-order valence-corrected chi connectivity index (χ1v) is 5.82. The largest absolute Gasteiger partial charge is 0.435 e. The number of aromatic nitrogens is 4. The first-order valence-electron chi connectivity index (χ1n) is 5.82. The molecule has 0 saturated carbocycles. The molecule has 2 aromatic rings. The molecule has 5 nitrogen and oxygen atoms in total. The van der Waals surface area contributed by atoms with E-state index in [1.165, 1.54) is 30.3 Å². The molecule has 0 fully saturated rings. The molecule has 10 heteroatoms. The van der Waals surface area contributed by atoms with Crippen LogP contribution < -0.4 is 5.32 Å². The van der Waals surface area contributed by atoms with Crippen molar-refractivity contribution in [2.24, 2.45) is 7.05 Å². The second-order valence-corrected chi connectivity index (χ2v) is 4.21. The summed E-state index contributed by atoms with van der Waals surface area (Å²) in [6, 6.07) is 0. The van der Waals surface area contributed by atoms with Crippen LogP contribution in [0.15, 0.2) is 18.6 Å². The van der Waals surface area contributed by atoms with Crippen molar-refractivity contribution >= 4 is 18.1 Å². The van der Waals surface area contributed by atoms with E-state index in [9.17, 15) is 17.6 Å². The molecule has 118 valence electrons. The Morgan fingerprint density at radius 3 is 2.62 bits per heavy atom. The van der Waals surface area contributed by atoms with Gasteiger partial charge in [-0.3, -0.25) is 9.36 Å². The van der Waals surface area contributed by atoms with Gasteiger partial charge in [-0.15, -0.1) is 12.4 Å². The topological polar surface area (TPSA) is 47.7 Å². The van der Waals surface area contributed by atoms with E-state index in [1.807, 2.05) is 0 Å². The molecule has 0 amide bonds. The van der Waals surface area contributed by atoms with Gasteiger partial charge in [-0.1, -0.05) is 0 Å². The highest BCUT2D eigenvalue weighted by atomic mass is 35.5. The van der Waals surface area contributed by atoms with Crippen molar-refractivity contribution in [1.82, 2.24) is 19.6 Å². The molecule has 21 heavy (non-hydrogen) atoms. The molecule has 0 radical (unpaired) electrons. The maximum absolute atomic E-state index is 12.7. The van der Waals surface area contributed by atoms with Crippen molar-refractivity contribution < 1.29 is 17.6 Å². The van der Waals surface area contributed by atoms with Gasteiger partial charge in [0.25, 0.3) is 0 Å². The Morgan fingerprint density at radius 1 is 1.29 bits per heavy atom. The monoisotopic (exact) mass is 327 g/mol. The normalized spacial score (nSPS) is 11.3. The van der Waals surface area contributed by atoms with Crippen LogP contribution in [0.5, 0.6) is 0 Å². The quantitative estimate of drug-likeness (QED) is 0.859. The summed E-state index contributed by atoms with van der Waals surface area (Å²) in [4.78, 5) is 0. The molecule has 0 bridgehead atoms. The summed E-state index contributed by atoms with van der Waals surface area (Å²) < 4.78 is 52.8. The molecule has 0 aliphatic carbocycles. The summed E-state index contributed by atoms with van der Waals surface area (Å²) in [5.74, 6) is 0. The predicted octanol–water partition coefficient (Wildman–Crippen LogP) is 2.64. The van der Waals surface area contributed by atoms with E-state index in [-0.39, 0.29) is 31.1 Å². The Kier molecular flexibility index (Phi) is 5.59. The van der Waals surface area contributed by atoms with Gasteiger partial charge in [-0.2, -0.15) is 23.4 Å². The van der Waals surface area contributed by atoms with Crippen molar-refractivity contribution in [1.29, 1.82) is 0 Å². The van der Waals surface area contributed by atoms with Crippen LogP contribution >= 0.6 is 12.4 Å². The van der Waals surface area contributed by atoms with E-state index < -0.39 is 18.5 Å². The maximum Gasteiger partial charge on any atom is 0.435 e. The molecule has 1 N–H and O–H groups in total. The van der Waals surface area contributed by atoms with Crippen LogP contribution in [-0.2, 0) is 26.3 Å². The minimum atomic E-state index is -4.49. The molecule has 2 aromatic heterocycles. The van der Waals surface area contributed by atoms with Crippen LogP contribution in [0.3, 0.4) is 0 Å². The fourth-order valence-corrected chi connectivity index (χ4v) is 1.77. The molecule has 0 aromatic carbocycles. The van der Waals surface area contributed by atoms with Gasteiger partial charge in [0.05, 0.1) is 18.4 Å². The number of aryl methyl sites for hydroxylation is 2. The summed E-state index contributed by atoms with van der Waals surface area (Å²) in [5, 5.41) is 10.1. The number of halogens is 5. The fraction of sp³-hybridized carbons (Fsp3) is 0.455. The van der Waals surface area contributed by atoms with Crippen LogP contribution in [0.4, 0.5) is 23.2 Å². The molecule has 0 atom stereocenters. The van der Waals surface area contributed by atoms with Gasteiger partial charge in [0.1, 0.15) is 6.67 Å². The summed E-state index contributed by atoms with van der Waals surface area (Å²) in [6.45, 7) is -0.478. The van der Waals surface area contributed by atoms with Crippen molar-refractivity contribution in [3.63, 3.8) is 0 Å². The Morgan fingerprint density at radius 2 is 2.00 bits per heavy atom. The highest BCUT2D eigenvalue weighted by Gasteiger charge is 2.36. The zero-order chi connectivity index (χ0) is 14.8. The minimum Gasteiger partial charge on any atom is -0.378 e. The average molecular weight is 328 g/mol. The van der Waals surface area contributed by atoms with Gasteiger partial charge in [0.2, 0.25) is 0 Å². The number of alkyl halides is 4. The second kappa shape index (κ2) is 6.79. The Balaban J connectivity index is 0.00000220. The van der Waals surface area contributed by atoms with E-state index in [1.54, 1.807) is 0 Å². The van der Waals surface area contributed by atoms with Gasteiger partial charge >= 0.3 is 6.18 Å². The van der Waals surface area contributed by atoms with Crippen molar-refractivity contribution in [3.05, 3.63) is 29.8 Å². The second-order valence-electron chi connectivity index (χ2n) is 4.21. The van der Waals surface area contributed by atoms with Crippen molar-refractivity contribution in [2.75, 3.05) is 12.0 Å². The molecule has 0 aliphatic rings. The highest BCUT2D eigenvalue weighted by Crippen LogP contribution is 2.30. The van der Waals surface area contributed by atoms with Crippen molar-refractivity contribution in [3.8, 4) is 0 Å². The Hall–Kier alpha value is -1.77. The Labute approximate surface area is 124 Å². The van der Waals surface area contributed by atoms with Gasteiger partial charge in [0, 0.05) is 31.5 Å². The molecular formula is C11H14ClF4N5. The third-order valence-corrected chi connectivity index (χ3v) is 2.60. The van der Waals surface area contributed by atoms with Crippen LogP contribution in [0.25, 0.3) is 0 Å². The van der Waals surface area contributed by atoms with E-state index in [0.29, 0.717) is 5.69 Å². The third kappa shape index (κ3) is 4.35. The number of hydrogen-bond donors (Lipinski definition) is 1. The van der Waals surface area contributed by atoms with Gasteiger partial charge in [-0.25, -0.2) is 4.39 Å². The third-order valence-electron chi connectivity index (χ3n) is 2.60. The van der Waals surface area contributed by atoms with Crippen LogP contribution in [0, 0.1) is 0 Å². The van der Waals surface area contributed by atoms with E-state index in [2.05, 4.69) is 15.5 Å². The fourth-order valence-electron chi connectivity index (χ4n) is 1.77. The Bertz CT molecular complexity index is 577. The standard InChI is InChI=1S/C11H13F4N5.ClH/c1-19-6-8(10(18-19)11(13,14)15)4-16-9-5-17-20(7-9)3-2-12;/h5-7,16H,2-4H2,1H3;1H. The molecular weight excluding hydrogens is 314 g/mol. The minimum absolute atomic E-state index is 0. The highest BCUT2D eigenvalue weighted by molar-refractivity contribution is 5.85. The SMILES string of the molecule is Cl.Cn1cc(CNc2cnn(CCF)c2)c(C(F)(F)F)n1. The lowest BCUT2D eigenvalue weighted by atomic mass is 10.2. The lowest BCUT2D eigenvalue weighted by Gasteiger charge is -2.06. The predicted molar refractivity (Wildman–Crippen MR) is 71.0 cm³/mol. The zero-order valence-corrected chi connectivity index (χ0v) is 11.9. The first kappa shape index (κ1) is 17.3. The summed E-state index contributed by atoms with van der Waals surface area (Å²) in [5.41, 5.74) is -0.350. The molecule has 0 spiro atoms. The van der Waals surface area contributed by atoms with Gasteiger partial charge in [-0.05, 0) is 0 Å². The number of hydrogen-bond acceptors (Lipinski definition) is 3. The number of nitrogens with one attached hydrogen (secondary N) is 1. The van der Waals surface area contributed by atoms with E-state index in [4.69, 9.17) is 0 Å². The van der Waals surface area contributed by atoms with Gasteiger partial charge in [0.15, 0.2) is 5.69 Å². The lowest BCUT2D eigenvalue weighted by molar-refractivity contribution is -0.142. The number of anilines is 1. The van der Waals surface area contributed by atoms with Gasteiger partial charge < -0.3 is 5.32 Å². The van der Waals surface area contributed by atoms with E-state index in [0.717, 1.165) is 4.68 Å². The zero-order valence-electron chi connectivity index (χ0n) is 11.1. The van der Waals surface area contributed by atoms with Crippen molar-refractivity contribution in [2.45, 2.75) is 19.3 Å². The molecule has 0 saturated heterocycles. The lowest BCUT2D eigenvalue weighted by Crippen LogP contribution is -2.11. The van der Waals surface area contributed by atoms with Crippen LogP contribution in [-0.4, -0.2) is 26.2 Å². The van der Waals surface area contributed by atoms with Crippen LogP contribution in [0.2, 0.25) is 0 Å². The summed E-state index contributed by atoms with van der Waals surface area (Å²) in [6.07, 6.45) is -0.221.